The Morgan fingerprint density at radius 2 is 1.80 bits per heavy atom. The molecule has 2 atom stereocenters. The molecule has 1 aliphatic heterocycles. The molecule has 0 aromatic rings. The van der Waals surface area contributed by atoms with E-state index in [1.54, 1.807) is 4.90 Å². The van der Waals surface area contributed by atoms with Crippen molar-refractivity contribution in [3.8, 4) is 0 Å². The van der Waals surface area contributed by atoms with Crippen molar-refractivity contribution in [2.45, 2.75) is 52.5 Å². The standard InChI is InChI=1S/C15H26N2O3/c1-10-8-17(9-12(10)13(18)19)14(20)16-11-4-6-15(2,3)7-5-11/h10-12H,4-9H2,1-3H3,(H,16,20)(H,18,19)/t10-,12-/m1/s1. The molecule has 1 saturated carbocycles. The lowest BCUT2D eigenvalue weighted by atomic mass is 9.76. The van der Waals surface area contributed by atoms with Crippen LogP contribution >= 0.6 is 0 Å². The molecular formula is C15H26N2O3. The molecule has 5 heteroatoms. The van der Waals surface area contributed by atoms with Crippen LogP contribution in [0.15, 0.2) is 0 Å². The number of carbonyl (C=O) groups is 2. The molecule has 0 spiro atoms. The number of rotatable bonds is 2. The largest absolute Gasteiger partial charge is 0.481 e. The number of carbonyl (C=O) groups excluding carboxylic acids is 1. The number of amides is 2. The van der Waals surface area contributed by atoms with Crippen molar-refractivity contribution in [2.24, 2.45) is 17.3 Å². The molecule has 2 rings (SSSR count). The molecule has 0 radical (unpaired) electrons. The van der Waals surface area contributed by atoms with Gasteiger partial charge in [0.05, 0.1) is 5.92 Å². The van der Waals surface area contributed by atoms with E-state index in [-0.39, 0.29) is 18.0 Å². The fourth-order valence-corrected chi connectivity index (χ4v) is 3.26. The normalized spacial score (nSPS) is 30.2. The highest BCUT2D eigenvalue weighted by molar-refractivity contribution is 5.77. The molecule has 2 N–H and O–H groups in total. The number of carboxylic acid groups (broad SMARTS) is 1. The number of nitrogens with one attached hydrogen (secondary N) is 1. The smallest absolute Gasteiger partial charge is 0.317 e. The topological polar surface area (TPSA) is 69.6 Å². The van der Waals surface area contributed by atoms with Gasteiger partial charge in [0.2, 0.25) is 0 Å². The summed E-state index contributed by atoms with van der Waals surface area (Å²) >= 11 is 0. The van der Waals surface area contributed by atoms with Crippen LogP contribution in [0.5, 0.6) is 0 Å². The molecule has 1 heterocycles. The molecule has 2 fully saturated rings. The molecular weight excluding hydrogens is 256 g/mol. The van der Waals surface area contributed by atoms with E-state index in [0.717, 1.165) is 25.7 Å². The van der Waals surface area contributed by atoms with Gasteiger partial charge >= 0.3 is 12.0 Å². The molecule has 0 aromatic carbocycles. The summed E-state index contributed by atoms with van der Waals surface area (Å²) in [4.78, 5) is 24.9. The van der Waals surface area contributed by atoms with E-state index in [9.17, 15) is 9.59 Å². The molecule has 0 aromatic heterocycles. The molecule has 0 unspecified atom stereocenters. The number of aliphatic carboxylic acids is 1. The fraction of sp³-hybridized carbons (Fsp3) is 0.867. The maximum atomic E-state index is 12.2. The van der Waals surface area contributed by atoms with Crippen molar-refractivity contribution in [1.82, 2.24) is 10.2 Å². The lowest BCUT2D eigenvalue weighted by molar-refractivity contribution is -0.142. The SMILES string of the molecule is C[C@@H]1CN(C(=O)NC2CCC(C)(C)CC2)C[C@H]1C(=O)O. The summed E-state index contributed by atoms with van der Waals surface area (Å²) in [5, 5.41) is 12.2. The third kappa shape index (κ3) is 3.44. The minimum atomic E-state index is -0.799. The van der Waals surface area contributed by atoms with Gasteiger partial charge in [-0.15, -0.1) is 0 Å². The van der Waals surface area contributed by atoms with E-state index in [1.807, 2.05) is 6.92 Å². The Kier molecular flexibility index (Phi) is 4.25. The first kappa shape index (κ1) is 15.1. The Morgan fingerprint density at radius 1 is 1.20 bits per heavy atom. The number of hydrogen-bond acceptors (Lipinski definition) is 2. The molecule has 0 bridgehead atoms. The first-order valence-electron chi connectivity index (χ1n) is 7.57. The molecule has 114 valence electrons. The van der Waals surface area contributed by atoms with Gasteiger partial charge in [0.1, 0.15) is 0 Å². The summed E-state index contributed by atoms with van der Waals surface area (Å²) in [5.74, 6) is -1.19. The maximum absolute atomic E-state index is 12.2. The van der Waals surface area contributed by atoms with Crippen molar-refractivity contribution >= 4 is 12.0 Å². The van der Waals surface area contributed by atoms with Crippen molar-refractivity contribution in [3.63, 3.8) is 0 Å². The van der Waals surface area contributed by atoms with Gasteiger partial charge in [-0.1, -0.05) is 20.8 Å². The van der Waals surface area contributed by atoms with Gasteiger partial charge in [0.25, 0.3) is 0 Å². The molecule has 2 amide bonds. The van der Waals surface area contributed by atoms with Gasteiger partial charge in [-0.3, -0.25) is 4.79 Å². The number of hydrogen-bond donors (Lipinski definition) is 2. The Balaban J connectivity index is 1.83. The van der Waals surface area contributed by atoms with Gasteiger partial charge in [-0.25, -0.2) is 4.79 Å². The van der Waals surface area contributed by atoms with E-state index in [2.05, 4.69) is 19.2 Å². The highest BCUT2D eigenvalue weighted by Gasteiger charge is 2.37. The van der Waals surface area contributed by atoms with Gasteiger partial charge in [0.15, 0.2) is 0 Å². The highest BCUT2D eigenvalue weighted by Crippen LogP contribution is 2.35. The van der Waals surface area contributed by atoms with Crippen LogP contribution in [-0.4, -0.2) is 41.1 Å². The van der Waals surface area contributed by atoms with Crippen molar-refractivity contribution in [2.75, 3.05) is 13.1 Å². The minimum absolute atomic E-state index is 0.0311. The van der Waals surface area contributed by atoms with Crippen LogP contribution in [0, 0.1) is 17.3 Å². The Bertz CT molecular complexity index is 385. The van der Waals surface area contributed by atoms with Gasteiger partial charge in [-0.05, 0) is 37.0 Å². The lowest BCUT2D eigenvalue weighted by Gasteiger charge is -2.35. The van der Waals surface area contributed by atoms with Crippen LogP contribution in [0.2, 0.25) is 0 Å². The number of urea groups is 1. The first-order chi connectivity index (χ1) is 9.28. The summed E-state index contributed by atoms with van der Waals surface area (Å²) in [6, 6.07) is 0.153. The number of carboxylic acids is 1. The summed E-state index contributed by atoms with van der Waals surface area (Å²) in [6.07, 6.45) is 4.30. The summed E-state index contributed by atoms with van der Waals surface area (Å²) in [7, 11) is 0. The summed E-state index contributed by atoms with van der Waals surface area (Å²) in [6.45, 7) is 7.31. The predicted molar refractivity (Wildman–Crippen MR) is 76.4 cm³/mol. The van der Waals surface area contributed by atoms with Crippen LogP contribution in [0.25, 0.3) is 0 Å². The zero-order valence-corrected chi connectivity index (χ0v) is 12.7. The second-order valence-corrected chi connectivity index (χ2v) is 7.21. The van der Waals surface area contributed by atoms with Crippen LogP contribution in [0.1, 0.15) is 46.5 Å². The molecule has 1 saturated heterocycles. The second kappa shape index (κ2) is 5.62. The first-order valence-corrected chi connectivity index (χ1v) is 7.57. The zero-order valence-electron chi connectivity index (χ0n) is 12.7. The molecule has 1 aliphatic carbocycles. The van der Waals surface area contributed by atoms with E-state index in [4.69, 9.17) is 5.11 Å². The molecule has 20 heavy (non-hydrogen) atoms. The van der Waals surface area contributed by atoms with Crippen LogP contribution in [0.3, 0.4) is 0 Å². The van der Waals surface area contributed by atoms with E-state index < -0.39 is 11.9 Å². The van der Waals surface area contributed by atoms with Crippen molar-refractivity contribution in [3.05, 3.63) is 0 Å². The fourth-order valence-electron chi connectivity index (χ4n) is 3.26. The van der Waals surface area contributed by atoms with E-state index in [0.29, 0.717) is 18.5 Å². The average Bonchev–Trinajstić information content (AvgIpc) is 2.74. The average molecular weight is 282 g/mol. The summed E-state index contributed by atoms with van der Waals surface area (Å²) < 4.78 is 0. The third-order valence-electron chi connectivity index (χ3n) is 4.88. The van der Waals surface area contributed by atoms with Crippen molar-refractivity contribution in [1.29, 1.82) is 0 Å². The van der Waals surface area contributed by atoms with Crippen molar-refractivity contribution < 1.29 is 14.7 Å². The van der Waals surface area contributed by atoms with Gasteiger partial charge in [-0.2, -0.15) is 0 Å². The minimum Gasteiger partial charge on any atom is -0.481 e. The lowest BCUT2D eigenvalue weighted by Crippen LogP contribution is -2.46. The predicted octanol–water partition coefficient (Wildman–Crippen LogP) is 2.32. The van der Waals surface area contributed by atoms with Gasteiger partial charge in [0, 0.05) is 19.1 Å². The number of likely N-dealkylation sites (tertiary alicyclic amines) is 1. The monoisotopic (exact) mass is 282 g/mol. The Labute approximate surface area is 120 Å². The number of nitrogens with zero attached hydrogens (tertiary/aromatic N) is 1. The van der Waals surface area contributed by atoms with Crippen LogP contribution in [-0.2, 0) is 4.79 Å². The molecule has 5 nitrogen and oxygen atoms in total. The molecule has 2 aliphatic rings. The van der Waals surface area contributed by atoms with E-state index >= 15 is 0 Å². The highest BCUT2D eigenvalue weighted by atomic mass is 16.4. The quantitative estimate of drug-likeness (QED) is 0.816. The van der Waals surface area contributed by atoms with Crippen LogP contribution in [0.4, 0.5) is 4.79 Å². The maximum Gasteiger partial charge on any atom is 0.317 e. The second-order valence-electron chi connectivity index (χ2n) is 7.21. The van der Waals surface area contributed by atoms with E-state index in [1.165, 1.54) is 0 Å². The zero-order chi connectivity index (χ0) is 14.9. The van der Waals surface area contributed by atoms with Crippen LogP contribution < -0.4 is 5.32 Å². The Hall–Kier alpha value is -1.26. The summed E-state index contributed by atoms with van der Waals surface area (Å²) in [5.41, 5.74) is 0.387. The Morgan fingerprint density at radius 3 is 2.30 bits per heavy atom. The third-order valence-corrected chi connectivity index (χ3v) is 4.88. The van der Waals surface area contributed by atoms with Gasteiger partial charge < -0.3 is 15.3 Å².